The van der Waals surface area contributed by atoms with Crippen molar-refractivity contribution < 1.29 is 56.2 Å². The van der Waals surface area contributed by atoms with Crippen molar-refractivity contribution in [1.82, 2.24) is 0 Å². The molecular weight excluding hydrogens is 765 g/mol. The Balaban J connectivity index is 2.46. The van der Waals surface area contributed by atoms with Crippen LogP contribution < -0.4 is 0 Å². The first-order chi connectivity index (χ1) is 28.1. The molecule has 13 heteroatoms. The number of hydrogen-bond acceptors (Lipinski definition) is 11. The number of ether oxygens (including phenoxy) is 4. The lowest BCUT2D eigenvalue weighted by Gasteiger charge is -2.41. The SMILES string of the molecule is CC/C=C\C/C=C\C/C=C\C/C=C\CCCCC(=O)OC(COCCCCCCCCCCCCCCCCCC)COC1OC(CO)C(O)C(OS(=O)(=O)O)C1O. The van der Waals surface area contributed by atoms with Crippen molar-refractivity contribution in [3.8, 4) is 0 Å². The van der Waals surface area contributed by atoms with Crippen molar-refractivity contribution >= 4 is 16.4 Å². The summed E-state index contributed by atoms with van der Waals surface area (Å²) >= 11 is 0. The number of carbonyl (C=O) groups excluding carboxylic acids is 1. The second kappa shape index (κ2) is 36.9. The molecule has 1 fully saturated rings. The molecule has 0 aliphatic carbocycles. The Morgan fingerprint density at radius 1 is 0.672 bits per heavy atom. The van der Waals surface area contributed by atoms with Gasteiger partial charge in [-0.1, -0.05) is 159 Å². The van der Waals surface area contributed by atoms with Crippen LogP contribution in [0.25, 0.3) is 0 Å². The molecule has 1 heterocycles. The number of aliphatic hydroxyl groups is 3. The van der Waals surface area contributed by atoms with E-state index >= 15 is 0 Å². The van der Waals surface area contributed by atoms with Crippen LogP contribution in [-0.4, -0.2) is 97.5 Å². The Morgan fingerprint density at radius 3 is 1.71 bits per heavy atom. The molecule has 338 valence electrons. The molecule has 0 radical (unpaired) electrons. The molecule has 6 atom stereocenters. The quantitative estimate of drug-likeness (QED) is 0.0201. The Kier molecular flexibility index (Phi) is 34.4. The minimum absolute atomic E-state index is 0.0201. The van der Waals surface area contributed by atoms with Crippen LogP contribution in [0.5, 0.6) is 0 Å². The normalized spacial score (nSPS) is 21.0. The van der Waals surface area contributed by atoms with Gasteiger partial charge in [0.25, 0.3) is 0 Å². The number of unbranched alkanes of at least 4 members (excludes halogenated alkanes) is 17. The van der Waals surface area contributed by atoms with Crippen molar-refractivity contribution in [2.75, 3.05) is 26.4 Å². The largest absolute Gasteiger partial charge is 0.457 e. The van der Waals surface area contributed by atoms with Crippen LogP contribution in [0.15, 0.2) is 48.6 Å². The van der Waals surface area contributed by atoms with E-state index in [1.54, 1.807) is 0 Å². The van der Waals surface area contributed by atoms with Gasteiger partial charge in [0.15, 0.2) is 6.29 Å². The number of aliphatic hydroxyl groups excluding tert-OH is 3. The minimum atomic E-state index is -5.07. The first-order valence-electron chi connectivity index (χ1n) is 22.4. The second-order valence-electron chi connectivity index (χ2n) is 15.3. The van der Waals surface area contributed by atoms with Gasteiger partial charge in [-0.25, -0.2) is 4.18 Å². The van der Waals surface area contributed by atoms with Crippen LogP contribution in [-0.2, 0) is 38.3 Å². The van der Waals surface area contributed by atoms with Gasteiger partial charge in [0.2, 0.25) is 0 Å². The summed E-state index contributed by atoms with van der Waals surface area (Å²) in [5.74, 6) is -0.439. The monoisotopic (exact) mass is 845 g/mol. The molecule has 0 aromatic heterocycles. The molecule has 1 aliphatic rings. The number of esters is 1. The van der Waals surface area contributed by atoms with Gasteiger partial charge in [-0.05, 0) is 51.4 Å². The maximum absolute atomic E-state index is 12.8. The molecule has 0 amide bonds. The summed E-state index contributed by atoms with van der Waals surface area (Å²) < 4.78 is 59.0. The Hall–Kier alpha value is -1.94. The molecule has 4 N–H and O–H groups in total. The average Bonchev–Trinajstić information content (AvgIpc) is 3.19. The molecule has 0 aromatic carbocycles. The van der Waals surface area contributed by atoms with Crippen LogP contribution in [0.1, 0.15) is 168 Å². The lowest BCUT2D eigenvalue weighted by atomic mass is 9.99. The summed E-state index contributed by atoms with van der Waals surface area (Å²) in [6.45, 7) is 3.83. The fourth-order valence-corrected chi connectivity index (χ4v) is 7.11. The van der Waals surface area contributed by atoms with E-state index in [0.717, 1.165) is 57.8 Å². The summed E-state index contributed by atoms with van der Waals surface area (Å²) in [4.78, 5) is 12.8. The number of allylic oxidation sites excluding steroid dienone is 8. The van der Waals surface area contributed by atoms with Gasteiger partial charge in [0.1, 0.15) is 30.5 Å². The Morgan fingerprint density at radius 2 is 1.19 bits per heavy atom. The van der Waals surface area contributed by atoms with E-state index in [1.807, 2.05) is 0 Å². The van der Waals surface area contributed by atoms with Gasteiger partial charge < -0.3 is 34.3 Å². The molecule has 12 nitrogen and oxygen atoms in total. The third kappa shape index (κ3) is 30.1. The maximum atomic E-state index is 12.8. The lowest BCUT2D eigenvalue weighted by Crippen LogP contribution is -2.60. The first-order valence-corrected chi connectivity index (χ1v) is 23.8. The highest BCUT2D eigenvalue weighted by Crippen LogP contribution is 2.26. The van der Waals surface area contributed by atoms with Crippen LogP contribution in [0.4, 0.5) is 0 Å². The van der Waals surface area contributed by atoms with E-state index in [1.165, 1.54) is 83.5 Å². The number of carbonyl (C=O) groups is 1. The third-order valence-corrected chi connectivity index (χ3v) is 10.4. The summed E-state index contributed by atoms with van der Waals surface area (Å²) in [7, 11) is -5.07. The highest BCUT2D eigenvalue weighted by Gasteiger charge is 2.48. The molecule has 6 unspecified atom stereocenters. The zero-order valence-electron chi connectivity index (χ0n) is 35.8. The summed E-state index contributed by atoms with van der Waals surface area (Å²) in [5.41, 5.74) is 0. The highest BCUT2D eigenvalue weighted by molar-refractivity contribution is 7.80. The van der Waals surface area contributed by atoms with Crippen molar-refractivity contribution in [3.05, 3.63) is 48.6 Å². The molecule has 0 saturated carbocycles. The van der Waals surface area contributed by atoms with Crippen molar-refractivity contribution in [2.45, 2.75) is 205 Å². The second-order valence-corrected chi connectivity index (χ2v) is 16.3. The fourth-order valence-electron chi connectivity index (χ4n) is 6.60. The van der Waals surface area contributed by atoms with E-state index in [-0.39, 0.29) is 19.6 Å². The predicted molar refractivity (Wildman–Crippen MR) is 230 cm³/mol. The van der Waals surface area contributed by atoms with Crippen molar-refractivity contribution in [2.24, 2.45) is 0 Å². The van der Waals surface area contributed by atoms with Gasteiger partial charge in [-0.15, -0.1) is 0 Å². The van der Waals surface area contributed by atoms with E-state index in [9.17, 15) is 28.5 Å². The highest BCUT2D eigenvalue weighted by atomic mass is 32.3. The van der Waals surface area contributed by atoms with Crippen LogP contribution in [0.3, 0.4) is 0 Å². The van der Waals surface area contributed by atoms with Crippen molar-refractivity contribution in [3.63, 3.8) is 0 Å². The molecule has 0 aromatic rings. The Labute approximate surface area is 351 Å². The average molecular weight is 845 g/mol. The van der Waals surface area contributed by atoms with Gasteiger partial charge >= 0.3 is 16.4 Å². The van der Waals surface area contributed by atoms with Crippen LogP contribution in [0, 0.1) is 0 Å². The lowest BCUT2D eigenvalue weighted by molar-refractivity contribution is -0.301. The summed E-state index contributed by atoms with van der Waals surface area (Å²) in [6.07, 6.45) is 34.3. The fraction of sp³-hybridized carbons (Fsp3) is 0.800. The van der Waals surface area contributed by atoms with E-state index in [2.05, 4.69) is 66.6 Å². The van der Waals surface area contributed by atoms with Gasteiger partial charge in [-0.3, -0.25) is 9.35 Å². The van der Waals surface area contributed by atoms with Crippen molar-refractivity contribution in [1.29, 1.82) is 0 Å². The van der Waals surface area contributed by atoms with Gasteiger partial charge in [0, 0.05) is 13.0 Å². The Bertz CT molecular complexity index is 1200. The summed E-state index contributed by atoms with van der Waals surface area (Å²) in [5, 5.41) is 30.6. The predicted octanol–water partition coefficient (Wildman–Crippen LogP) is 9.19. The van der Waals surface area contributed by atoms with E-state index < -0.39 is 59.8 Å². The zero-order valence-corrected chi connectivity index (χ0v) is 36.7. The topological polar surface area (TPSA) is 178 Å². The third-order valence-electron chi connectivity index (χ3n) is 9.97. The molecular formula is C45H80O12S. The zero-order chi connectivity index (χ0) is 42.5. The standard InChI is InChI=1S/C45H80O12S/c1-3-5-7-9-11-13-15-17-19-21-23-25-27-29-31-33-35-53-37-39(38-54-45-43(49)44(57-58(50,51)52)42(48)40(36-46)56-45)55-41(47)34-32-30-28-26-24-22-20-18-16-14-12-10-8-6-4-2/h6,8,12,14,18,20,24,26,39-40,42-46,48-49H,3-5,7,9-11,13,15-17,19,21-23,25,27-38H2,1-2H3,(H,50,51,52)/b8-6-,14-12-,20-18-,26-24-. The van der Waals surface area contributed by atoms with Gasteiger partial charge in [0.05, 0.1) is 19.8 Å². The molecule has 0 bridgehead atoms. The molecule has 1 saturated heterocycles. The van der Waals surface area contributed by atoms with Crippen LogP contribution >= 0.6 is 0 Å². The van der Waals surface area contributed by atoms with Gasteiger partial charge in [-0.2, -0.15) is 8.42 Å². The molecule has 1 aliphatic heterocycles. The molecule has 1 rings (SSSR count). The maximum Gasteiger partial charge on any atom is 0.397 e. The van der Waals surface area contributed by atoms with E-state index in [0.29, 0.717) is 13.0 Å². The molecule has 0 spiro atoms. The smallest absolute Gasteiger partial charge is 0.397 e. The van der Waals surface area contributed by atoms with Crippen LogP contribution in [0.2, 0.25) is 0 Å². The number of hydrogen-bond donors (Lipinski definition) is 4. The summed E-state index contributed by atoms with van der Waals surface area (Å²) in [6, 6.07) is 0. The number of rotatable bonds is 38. The minimum Gasteiger partial charge on any atom is -0.457 e. The molecule has 58 heavy (non-hydrogen) atoms. The van der Waals surface area contributed by atoms with E-state index in [4.69, 9.17) is 23.5 Å². The first kappa shape index (κ1) is 54.1.